The Morgan fingerprint density at radius 2 is 2.15 bits per heavy atom. The van der Waals surface area contributed by atoms with Crippen molar-refractivity contribution in [3.63, 3.8) is 0 Å². The van der Waals surface area contributed by atoms with Gasteiger partial charge in [-0.25, -0.2) is 15.0 Å². The van der Waals surface area contributed by atoms with Crippen LogP contribution in [-0.4, -0.2) is 32.5 Å². The molecule has 1 amide bonds. The molecule has 0 aromatic carbocycles. The maximum absolute atomic E-state index is 12.1. The molecule has 2 aromatic rings. The highest BCUT2D eigenvalue weighted by molar-refractivity contribution is 5.92. The summed E-state index contributed by atoms with van der Waals surface area (Å²) < 4.78 is 6.94. The fraction of sp³-hybridized carbons (Fsp3) is 0.385. The predicted octanol–water partition coefficient (Wildman–Crippen LogP) is 0.558. The highest BCUT2D eigenvalue weighted by Gasteiger charge is 2.19. The van der Waals surface area contributed by atoms with Crippen molar-refractivity contribution in [2.45, 2.75) is 25.9 Å². The number of methoxy groups -OCH3 is 1. The molecule has 0 atom stereocenters. The number of ether oxygens (including phenoxy) is 1. The van der Waals surface area contributed by atoms with E-state index < -0.39 is 0 Å². The second kappa shape index (κ2) is 5.28. The van der Waals surface area contributed by atoms with Crippen LogP contribution in [0.2, 0.25) is 0 Å². The lowest BCUT2D eigenvalue weighted by atomic mass is 10.3. The zero-order chi connectivity index (χ0) is 13.9. The van der Waals surface area contributed by atoms with Crippen molar-refractivity contribution in [2.24, 2.45) is 0 Å². The molecular formula is C13H15N5O2. The van der Waals surface area contributed by atoms with Gasteiger partial charge in [0.25, 0.3) is 5.91 Å². The van der Waals surface area contributed by atoms with Crippen molar-refractivity contribution in [1.82, 2.24) is 24.8 Å². The van der Waals surface area contributed by atoms with Crippen LogP contribution in [0.1, 0.15) is 28.6 Å². The molecule has 1 aliphatic heterocycles. The molecule has 2 aromatic heterocycles. The SMILES string of the molecule is COc1cnc(CNC(=O)c2cnc3n2CCC3)nc1. The van der Waals surface area contributed by atoms with Gasteiger partial charge in [-0.05, 0) is 6.42 Å². The van der Waals surface area contributed by atoms with Gasteiger partial charge in [0.2, 0.25) is 0 Å². The highest BCUT2D eigenvalue weighted by atomic mass is 16.5. The van der Waals surface area contributed by atoms with E-state index in [2.05, 4.69) is 20.3 Å². The number of carbonyl (C=O) groups excluding carboxylic acids is 1. The number of aromatic nitrogens is 4. The minimum atomic E-state index is -0.148. The average molecular weight is 273 g/mol. The molecule has 1 N–H and O–H groups in total. The van der Waals surface area contributed by atoms with E-state index in [9.17, 15) is 4.79 Å². The minimum absolute atomic E-state index is 0.148. The molecular weight excluding hydrogens is 258 g/mol. The van der Waals surface area contributed by atoms with Crippen molar-refractivity contribution >= 4 is 5.91 Å². The molecule has 104 valence electrons. The minimum Gasteiger partial charge on any atom is -0.494 e. The van der Waals surface area contributed by atoms with E-state index in [1.807, 2.05) is 4.57 Å². The number of aryl methyl sites for hydroxylation is 1. The Hall–Kier alpha value is -2.44. The van der Waals surface area contributed by atoms with Gasteiger partial charge < -0.3 is 14.6 Å². The Morgan fingerprint density at radius 3 is 2.90 bits per heavy atom. The zero-order valence-electron chi connectivity index (χ0n) is 11.2. The lowest BCUT2D eigenvalue weighted by Gasteiger charge is -2.06. The fourth-order valence-electron chi connectivity index (χ4n) is 2.23. The van der Waals surface area contributed by atoms with Gasteiger partial charge in [0, 0.05) is 13.0 Å². The Balaban J connectivity index is 1.64. The summed E-state index contributed by atoms with van der Waals surface area (Å²) in [5, 5.41) is 2.80. The first-order chi connectivity index (χ1) is 9.78. The standard InChI is InChI=1S/C13H15N5O2/c1-20-9-5-14-11(15-6-9)8-17-13(19)10-7-16-12-3-2-4-18(10)12/h5-7H,2-4,8H2,1H3,(H,17,19). The van der Waals surface area contributed by atoms with E-state index in [-0.39, 0.29) is 12.5 Å². The van der Waals surface area contributed by atoms with Crippen LogP contribution >= 0.6 is 0 Å². The predicted molar refractivity (Wildman–Crippen MR) is 70.3 cm³/mol. The van der Waals surface area contributed by atoms with Crippen molar-refractivity contribution in [3.8, 4) is 5.75 Å². The van der Waals surface area contributed by atoms with Crippen LogP contribution in [0.15, 0.2) is 18.6 Å². The van der Waals surface area contributed by atoms with Crippen LogP contribution in [0.5, 0.6) is 5.75 Å². The summed E-state index contributed by atoms with van der Waals surface area (Å²) in [4.78, 5) is 24.6. The number of rotatable bonds is 4. The molecule has 0 radical (unpaired) electrons. The monoisotopic (exact) mass is 273 g/mol. The Bertz CT molecular complexity index is 620. The van der Waals surface area contributed by atoms with Crippen LogP contribution in [0.4, 0.5) is 0 Å². The third-order valence-electron chi connectivity index (χ3n) is 3.28. The Kier molecular flexibility index (Phi) is 3.32. The van der Waals surface area contributed by atoms with E-state index in [4.69, 9.17) is 4.74 Å². The number of carbonyl (C=O) groups is 1. The highest BCUT2D eigenvalue weighted by Crippen LogP contribution is 2.15. The second-order valence-corrected chi connectivity index (χ2v) is 4.54. The molecule has 7 heteroatoms. The summed E-state index contributed by atoms with van der Waals surface area (Å²) in [6, 6.07) is 0. The van der Waals surface area contributed by atoms with E-state index in [1.165, 1.54) is 0 Å². The maximum Gasteiger partial charge on any atom is 0.269 e. The number of fused-ring (bicyclic) bond motifs is 1. The molecule has 0 spiro atoms. The molecule has 1 aliphatic rings. The molecule has 0 saturated carbocycles. The second-order valence-electron chi connectivity index (χ2n) is 4.54. The number of nitrogens with one attached hydrogen (secondary N) is 1. The third kappa shape index (κ3) is 2.34. The van der Waals surface area contributed by atoms with E-state index in [1.54, 1.807) is 25.7 Å². The maximum atomic E-state index is 12.1. The van der Waals surface area contributed by atoms with Gasteiger partial charge in [0.15, 0.2) is 5.75 Å². The van der Waals surface area contributed by atoms with E-state index in [0.717, 1.165) is 25.2 Å². The first kappa shape index (κ1) is 12.6. The van der Waals surface area contributed by atoms with E-state index >= 15 is 0 Å². The lowest BCUT2D eigenvalue weighted by Crippen LogP contribution is -2.26. The molecule has 0 bridgehead atoms. The Morgan fingerprint density at radius 1 is 1.35 bits per heavy atom. The van der Waals surface area contributed by atoms with Gasteiger partial charge in [-0.2, -0.15) is 0 Å². The number of imidazole rings is 1. The number of amides is 1. The summed E-state index contributed by atoms with van der Waals surface area (Å²) >= 11 is 0. The van der Waals surface area contributed by atoms with Crippen LogP contribution in [-0.2, 0) is 19.5 Å². The van der Waals surface area contributed by atoms with Gasteiger partial charge in [-0.3, -0.25) is 4.79 Å². The molecule has 3 rings (SSSR count). The van der Waals surface area contributed by atoms with Crippen LogP contribution in [0.25, 0.3) is 0 Å². The first-order valence-electron chi connectivity index (χ1n) is 6.45. The van der Waals surface area contributed by atoms with Crippen molar-refractivity contribution in [1.29, 1.82) is 0 Å². The quantitative estimate of drug-likeness (QED) is 0.880. The van der Waals surface area contributed by atoms with Crippen LogP contribution in [0, 0.1) is 0 Å². The normalized spacial score (nSPS) is 13.1. The molecule has 0 fully saturated rings. The molecule has 7 nitrogen and oxygen atoms in total. The lowest BCUT2D eigenvalue weighted by molar-refractivity contribution is 0.0940. The van der Waals surface area contributed by atoms with Crippen molar-refractivity contribution < 1.29 is 9.53 Å². The van der Waals surface area contributed by atoms with Crippen molar-refractivity contribution in [3.05, 3.63) is 35.9 Å². The fourth-order valence-corrected chi connectivity index (χ4v) is 2.23. The summed E-state index contributed by atoms with van der Waals surface area (Å²) in [6.07, 6.45) is 6.76. The number of hydrogen-bond donors (Lipinski definition) is 1. The van der Waals surface area contributed by atoms with Gasteiger partial charge in [0.1, 0.15) is 17.3 Å². The number of nitrogens with zero attached hydrogens (tertiary/aromatic N) is 4. The van der Waals surface area contributed by atoms with Gasteiger partial charge >= 0.3 is 0 Å². The largest absolute Gasteiger partial charge is 0.494 e. The summed E-state index contributed by atoms with van der Waals surface area (Å²) in [6.45, 7) is 1.14. The molecule has 0 aliphatic carbocycles. The summed E-state index contributed by atoms with van der Waals surface area (Å²) in [5.41, 5.74) is 0.603. The van der Waals surface area contributed by atoms with Crippen molar-refractivity contribution in [2.75, 3.05) is 7.11 Å². The summed E-state index contributed by atoms with van der Waals surface area (Å²) in [7, 11) is 1.56. The molecule has 0 unspecified atom stereocenters. The van der Waals surface area contributed by atoms with E-state index in [0.29, 0.717) is 17.3 Å². The van der Waals surface area contributed by atoms with Gasteiger partial charge in [-0.1, -0.05) is 0 Å². The topological polar surface area (TPSA) is 81.9 Å². The molecule has 20 heavy (non-hydrogen) atoms. The molecule has 0 saturated heterocycles. The smallest absolute Gasteiger partial charge is 0.269 e. The average Bonchev–Trinajstić information content (AvgIpc) is 3.08. The van der Waals surface area contributed by atoms with Crippen LogP contribution < -0.4 is 10.1 Å². The van der Waals surface area contributed by atoms with Crippen LogP contribution in [0.3, 0.4) is 0 Å². The zero-order valence-corrected chi connectivity index (χ0v) is 11.2. The number of hydrogen-bond acceptors (Lipinski definition) is 5. The van der Waals surface area contributed by atoms with Gasteiger partial charge in [-0.15, -0.1) is 0 Å². The Labute approximate surface area is 116 Å². The summed E-state index contributed by atoms with van der Waals surface area (Å²) in [5.74, 6) is 1.97. The molecule has 3 heterocycles. The first-order valence-corrected chi connectivity index (χ1v) is 6.45. The van der Waals surface area contributed by atoms with Gasteiger partial charge in [0.05, 0.1) is 32.2 Å². The third-order valence-corrected chi connectivity index (χ3v) is 3.28.